The molecule has 9 heteroatoms. The molecule has 9 nitrogen and oxygen atoms in total. The molecule has 5 aromatic rings. The van der Waals surface area contributed by atoms with Crippen molar-refractivity contribution < 1.29 is 9.90 Å². The maximum absolute atomic E-state index is 12.5. The van der Waals surface area contributed by atoms with E-state index in [2.05, 4.69) is 26.1 Å². The van der Waals surface area contributed by atoms with Gasteiger partial charge in [0.05, 0.1) is 5.52 Å². The molecule has 0 atom stereocenters. The lowest BCUT2D eigenvalue weighted by Gasteiger charge is -2.15. The summed E-state index contributed by atoms with van der Waals surface area (Å²) in [6.45, 7) is 0.268. The van der Waals surface area contributed by atoms with Crippen LogP contribution in [0.15, 0.2) is 82.4 Å². The van der Waals surface area contributed by atoms with Crippen molar-refractivity contribution in [1.29, 1.82) is 0 Å². The van der Waals surface area contributed by atoms with Gasteiger partial charge in [-0.3, -0.25) is 19.5 Å². The van der Waals surface area contributed by atoms with Crippen molar-refractivity contribution in [2.75, 3.05) is 16.0 Å². The average Bonchev–Trinajstić information content (AvgIpc) is 3.25. The van der Waals surface area contributed by atoms with Gasteiger partial charge in [-0.05, 0) is 48.0 Å². The Balaban J connectivity index is 1.36. The minimum atomic E-state index is -0.622. The predicted octanol–water partition coefficient (Wildman–Crippen LogP) is 3.47. The normalized spacial score (nSPS) is 10.9. The zero-order chi connectivity index (χ0) is 23.7. The lowest BCUT2D eigenvalue weighted by atomic mass is 10.1. The van der Waals surface area contributed by atoms with Crippen LogP contribution in [0.5, 0.6) is 5.75 Å². The topological polar surface area (TPSA) is 136 Å². The Kier molecular flexibility index (Phi) is 5.27. The van der Waals surface area contributed by atoms with Crippen molar-refractivity contribution >= 4 is 39.7 Å². The zero-order valence-electron chi connectivity index (χ0n) is 17.8. The number of amides is 1. The Morgan fingerprint density at radius 1 is 0.912 bits per heavy atom. The quantitative estimate of drug-likeness (QED) is 0.238. The Bertz CT molecular complexity index is 1580. The third kappa shape index (κ3) is 3.97. The van der Waals surface area contributed by atoms with Crippen LogP contribution in [0, 0.1) is 0 Å². The van der Waals surface area contributed by atoms with Crippen molar-refractivity contribution in [3.05, 3.63) is 104 Å². The number of hydrogen-bond donors (Lipinski definition) is 5. The minimum Gasteiger partial charge on any atom is -0.508 e. The standard InChI is InChI=1S/C25H19N5O4/c31-17-8-4-5-14(11-17)13-26-20-21(23(33)22(20)32)27-16-9-10-19-18(12-16)24(30-29-19)28-25(34)15-6-2-1-3-7-15/h1-12,26-27,31H,13H2,(H2,28,29,30,34). The second-order valence-corrected chi connectivity index (χ2v) is 7.71. The molecule has 1 aromatic heterocycles. The lowest BCUT2D eigenvalue weighted by molar-refractivity contribution is 0.102. The number of fused-ring (bicyclic) bond motifs is 1. The van der Waals surface area contributed by atoms with Crippen LogP contribution < -0.4 is 26.8 Å². The highest BCUT2D eigenvalue weighted by atomic mass is 16.3. The van der Waals surface area contributed by atoms with E-state index in [1.54, 1.807) is 66.7 Å². The molecule has 0 aliphatic heterocycles. The van der Waals surface area contributed by atoms with Crippen molar-refractivity contribution in [3.63, 3.8) is 0 Å². The van der Waals surface area contributed by atoms with Crippen molar-refractivity contribution in [2.24, 2.45) is 0 Å². The highest BCUT2D eigenvalue weighted by molar-refractivity contribution is 6.08. The first kappa shape index (κ1) is 21.0. The van der Waals surface area contributed by atoms with Gasteiger partial charge in [-0.1, -0.05) is 30.3 Å². The Hall–Kier alpha value is -4.92. The Labute approximate surface area is 192 Å². The van der Waals surface area contributed by atoms with E-state index >= 15 is 0 Å². The number of nitrogens with zero attached hydrogens (tertiary/aromatic N) is 1. The molecule has 0 fully saturated rings. The fraction of sp³-hybridized carbons (Fsp3) is 0.0400. The maximum atomic E-state index is 12.5. The fourth-order valence-electron chi connectivity index (χ4n) is 3.64. The van der Waals surface area contributed by atoms with Gasteiger partial charge < -0.3 is 21.1 Å². The molecule has 0 bridgehead atoms. The number of benzene rings is 3. The average molecular weight is 453 g/mol. The molecule has 5 N–H and O–H groups in total. The third-order valence-corrected chi connectivity index (χ3v) is 5.39. The van der Waals surface area contributed by atoms with Gasteiger partial charge in [0.15, 0.2) is 5.82 Å². The smallest absolute Gasteiger partial charge is 0.256 e. The highest BCUT2D eigenvalue weighted by Crippen LogP contribution is 2.28. The molecular formula is C25H19N5O4. The first-order chi connectivity index (χ1) is 16.5. The first-order valence-corrected chi connectivity index (χ1v) is 10.5. The molecule has 0 radical (unpaired) electrons. The minimum absolute atomic E-state index is 0.117. The Morgan fingerprint density at radius 3 is 2.50 bits per heavy atom. The molecular weight excluding hydrogens is 434 g/mol. The SMILES string of the molecule is O=C(Nc1n[nH]c2ccc(Nc3c(NCc4cccc(O)c4)c(=O)c3=O)cc12)c1ccccc1. The summed E-state index contributed by atoms with van der Waals surface area (Å²) in [6.07, 6.45) is 0. The molecule has 34 heavy (non-hydrogen) atoms. The number of aromatic amines is 1. The molecule has 0 unspecified atom stereocenters. The summed E-state index contributed by atoms with van der Waals surface area (Å²) in [7, 11) is 0. The number of phenolic OH excluding ortho intramolecular Hbond substituents is 1. The number of nitrogens with one attached hydrogen (secondary N) is 4. The third-order valence-electron chi connectivity index (χ3n) is 5.39. The Morgan fingerprint density at radius 2 is 1.71 bits per heavy atom. The molecule has 5 rings (SSSR count). The van der Waals surface area contributed by atoms with Crippen molar-refractivity contribution in [3.8, 4) is 5.75 Å². The molecule has 0 spiro atoms. The van der Waals surface area contributed by atoms with Gasteiger partial charge in [0.25, 0.3) is 16.8 Å². The maximum Gasteiger partial charge on any atom is 0.256 e. The van der Waals surface area contributed by atoms with Crippen LogP contribution in [-0.4, -0.2) is 21.2 Å². The van der Waals surface area contributed by atoms with E-state index in [9.17, 15) is 19.5 Å². The van der Waals surface area contributed by atoms with Gasteiger partial charge in [0, 0.05) is 23.2 Å². The lowest BCUT2D eigenvalue weighted by Crippen LogP contribution is -2.36. The van der Waals surface area contributed by atoms with E-state index in [4.69, 9.17) is 0 Å². The van der Waals surface area contributed by atoms with E-state index in [0.29, 0.717) is 28.0 Å². The number of anilines is 4. The summed E-state index contributed by atoms with van der Waals surface area (Å²) in [6, 6.07) is 20.6. The van der Waals surface area contributed by atoms with Gasteiger partial charge in [-0.25, -0.2) is 0 Å². The summed E-state index contributed by atoms with van der Waals surface area (Å²) in [4.78, 5) is 36.8. The molecule has 4 aromatic carbocycles. The van der Waals surface area contributed by atoms with E-state index in [-0.39, 0.29) is 29.6 Å². The van der Waals surface area contributed by atoms with Gasteiger partial charge in [-0.2, -0.15) is 5.10 Å². The largest absolute Gasteiger partial charge is 0.508 e. The van der Waals surface area contributed by atoms with E-state index in [1.165, 1.54) is 0 Å². The molecule has 0 aliphatic rings. The second-order valence-electron chi connectivity index (χ2n) is 7.71. The second kappa shape index (κ2) is 8.55. The van der Waals surface area contributed by atoms with Gasteiger partial charge in [-0.15, -0.1) is 0 Å². The van der Waals surface area contributed by atoms with Gasteiger partial charge in [0.2, 0.25) is 0 Å². The van der Waals surface area contributed by atoms with Gasteiger partial charge in [0.1, 0.15) is 17.1 Å². The zero-order valence-corrected chi connectivity index (χ0v) is 17.8. The molecule has 0 aliphatic carbocycles. The fourth-order valence-corrected chi connectivity index (χ4v) is 3.64. The van der Waals surface area contributed by atoms with Crippen LogP contribution in [0.25, 0.3) is 10.9 Å². The number of carbonyl (C=O) groups is 1. The van der Waals surface area contributed by atoms with E-state index in [0.717, 1.165) is 5.56 Å². The summed E-state index contributed by atoms with van der Waals surface area (Å²) in [5.41, 5.74) is 1.61. The number of aromatic hydroxyl groups is 1. The summed E-state index contributed by atoms with van der Waals surface area (Å²) in [5, 5.41) is 26.0. The number of rotatable bonds is 7. The predicted molar refractivity (Wildman–Crippen MR) is 131 cm³/mol. The number of phenols is 1. The first-order valence-electron chi connectivity index (χ1n) is 10.5. The highest BCUT2D eigenvalue weighted by Gasteiger charge is 2.21. The molecule has 0 saturated heterocycles. The molecule has 1 amide bonds. The van der Waals surface area contributed by atoms with Crippen LogP contribution in [0.2, 0.25) is 0 Å². The summed E-state index contributed by atoms with van der Waals surface area (Å²) >= 11 is 0. The molecule has 1 heterocycles. The van der Waals surface area contributed by atoms with Crippen LogP contribution in [-0.2, 0) is 6.54 Å². The van der Waals surface area contributed by atoms with E-state index in [1.807, 2.05) is 6.07 Å². The summed E-state index contributed by atoms with van der Waals surface area (Å²) in [5.74, 6) is 0.166. The number of H-pyrrole nitrogens is 1. The number of aromatic nitrogens is 2. The van der Waals surface area contributed by atoms with Crippen LogP contribution in [0.4, 0.5) is 22.9 Å². The van der Waals surface area contributed by atoms with Crippen molar-refractivity contribution in [1.82, 2.24) is 10.2 Å². The monoisotopic (exact) mass is 453 g/mol. The summed E-state index contributed by atoms with van der Waals surface area (Å²) < 4.78 is 0. The van der Waals surface area contributed by atoms with Crippen LogP contribution >= 0.6 is 0 Å². The van der Waals surface area contributed by atoms with Crippen LogP contribution in [0.3, 0.4) is 0 Å². The van der Waals surface area contributed by atoms with Gasteiger partial charge >= 0.3 is 0 Å². The van der Waals surface area contributed by atoms with Crippen molar-refractivity contribution in [2.45, 2.75) is 6.54 Å². The molecule has 168 valence electrons. The number of carbonyl (C=O) groups excluding carboxylic acids is 1. The van der Waals surface area contributed by atoms with E-state index < -0.39 is 10.9 Å². The van der Waals surface area contributed by atoms with Crippen LogP contribution in [0.1, 0.15) is 15.9 Å². The number of hydrogen-bond acceptors (Lipinski definition) is 7. The molecule has 0 saturated carbocycles.